The smallest absolute Gasteiger partial charge is 0.312 e. The molecule has 0 aromatic rings. The van der Waals surface area contributed by atoms with Gasteiger partial charge in [0, 0.05) is 40.0 Å². The predicted molar refractivity (Wildman–Crippen MR) is 134 cm³/mol. The zero-order valence-corrected chi connectivity index (χ0v) is 23.9. The monoisotopic (exact) mass is 566 g/mol. The second kappa shape index (κ2) is 10.4. The van der Waals surface area contributed by atoms with E-state index in [0.717, 1.165) is 0 Å². The first kappa shape index (κ1) is 30.0. The molecule has 2 saturated heterocycles. The maximum absolute atomic E-state index is 13.0. The molecule has 2 unspecified atom stereocenters. The lowest BCUT2D eigenvalue weighted by Crippen LogP contribution is -2.69. The molecule has 0 amide bonds. The average molecular weight is 567 g/mol. The lowest BCUT2D eigenvalue weighted by molar-refractivity contribution is -0.244. The molecule has 2 heterocycles. The molecule has 0 radical (unpaired) electrons. The Hall–Kier alpha value is -2.99. The van der Waals surface area contributed by atoms with E-state index in [9.17, 15) is 29.1 Å². The molecule has 12 heteroatoms. The Labute approximate surface area is 232 Å². The van der Waals surface area contributed by atoms with Crippen LogP contribution in [-0.4, -0.2) is 83.3 Å². The van der Waals surface area contributed by atoms with Gasteiger partial charge in [-0.15, -0.1) is 0 Å². The van der Waals surface area contributed by atoms with Crippen LogP contribution in [-0.2, 0) is 52.4 Å². The molecule has 40 heavy (non-hydrogen) atoms. The summed E-state index contributed by atoms with van der Waals surface area (Å²) in [6.07, 6.45) is -3.48. The van der Waals surface area contributed by atoms with Crippen LogP contribution in [0.15, 0.2) is 11.6 Å². The van der Waals surface area contributed by atoms with E-state index in [4.69, 9.17) is 28.4 Å². The third-order valence-electron chi connectivity index (χ3n) is 9.04. The summed E-state index contributed by atoms with van der Waals surface area (Å²) in [4.78, 5) is 62.6. The fourth-order valence-corrected chi connectivity index (χ4v) is 7.06. The van der Waals surface area contributed by atoms with Gasteiger partial charge < -0.3 is 33.5 Å². The molecule has 3 fully saturated rings. The fraction of sp³-hybridized carbons (Fsp3) is 0.750. The Morgan fingerprint density at radius 3 is 2.02 bits per heavy atom. The molecule has 1 spiro atoms. The highest BCUT2D eigenvalue weighted by Crippen LogP contribution is 2.62. The van der Waals surface area contributed by atoms with Gasteiger partial charge in [-0.2, -0.15) is 0 Å². The summed E-state index contributed by atoms with van der Waals surface area (Å²) in [5, 5.41) is 12.5. The highest BCUT2D eigenvalue weighted by molar-refractivity contribution is 5.78. The van der Waals surface area contributed by atoms with E-state index in [1.807, 2.05) is 0 Å². The van der Waals surface area contributed by atoms with Crippen molar-refractivity contribution in [2.24, 2.45) is 17.3 Å². The molecule has 10 atom stereocenters. The van der Waals surface area contributed by atoms with Crippen molar-refractivity contribution in [3.8, 4) is 0 Å². The molecule has 0 aromatic carbocycles. The predicted octanol–water partition coefficient (Wildman–Crippen LogP) is 1.54. The maximum atomic E-state index is 13.0. The number of fused-ring (bicyclic) bond motifs is 3. The minimum atomic E-state index is -2.11. The summed E-state index contributed by atoms with van der Waals surface area (Å²) in [6, 6.07) is 0. The van der Waals surface area contributed by atoms with Crippen LogP contribution >= 0.6 is 0 Å². The summed E-state index contributed by atoms with van der Waals surface area (Å²) in [5.74, 6) is -5.37. The van der Waals surface area contributed by atoms with E-state index < -0.39 is 88.8 Å². The molecule has 1 saturated carbocycles. The zero-order valence-electron chi connectivity index (χ0n) is 23.9. The van der Waals surface area contributed by atoms with Gasteiger partial charge >= 0.3 is 29.8 Å². The summed E-state index contributed by atoms with van der Waals surface area (Å²) < 4.78 is 34.9. The lowest BCUT2D eigenvalue weighted by atomic mass is 9.52. The Balaban J connectivity index is 2.05. The van der Waals surface area contributed by atoms with Crippen molar-refractivity contribution in [1.29, 1.82) is 0 Å². The van der Waals surface area contributed by atoms with E-state index in [0.29, 0.717) is 18.4 Å². The minimum Gasteiger partial charge on any atom is -0.462 e. The molecule has 0 aromatic heterocycles. The zero-order chi connectivity index (χ0) is 29.8. The van der Waals surface area contributed by atoms with Gasteiger partial charge in [0.05, 0.1) is 23.5 Å². The van der Waals surface area contributed by atoms with Gasteiger partial charge in [0.1, 0.15) is 24.4 Å². The van der Waals surface area contributed by atoms with Crippen molar-refractivity contribution in [2.75, 3.05) is 6.61 Å². The van der Waals surface area contributed by atoms with Crippen molar-refractivity contribution < 1.29 is 57.5 Å². The number of epoxide rings is 1. The summed E-state index contributed by atoms with van der Waals surface area (Å²) in [5.41, 5.74) is -4.00. The fourth-order valence-electron chi connectivity index (χ4n) is 7.06. The van der Waals surface area contributed by atoms with E-state index in [1.165, 1.54) is 40.7 Å². The molecule has 0 bridgehead atoms. The van der Waals surface area contributed by atoms with Gasteiger partial charge in [-0.25, -0.2) is 0 Å². The molecular formula is C28H38O12. The highest BCUT2D eigenvalue weighted by atomic mass is 16.6. The van der Waals surface area contributed by atoms with Gasteiger partial charge in [0.2, 0.25) is 0 Å². The van der Waals surface area contributed by atoms with Crippen LogP contribution in [0.1, 0.15) is 67.7 Å². The molecule has 2 aliphatic carbocycles. The largest absolute Gasteiger partial charge is 0.462 e. The summed E-state index contributed by atoms with van der Waals surface area (Å²) in [6.45, 7) is 9.97. The highest BCUT2D eigenvalue weighted by Gasteiger charge is 2.75. The quantitative estimate of drug-likeness (QED) is 0.226. The lowest BCUT2D eigenvalue weighted by Gasteiger charge is -2.57. The Morgan fingerprint density at radius 2 is 1.50 bits per heavy atom. The number of hydrogen-bond donors (Lipinski definition) is 1. The van der Waals surface area contributed by atoms with Crippen LogP contribution in [0, 0.1) is 17.3 Å². The topological polar surface area (TPSA) is 164 Å². The average Bonchev–Trinajstić information content (AvgIpc) is 3.56. The van der Waals surface area contributed by atoms with E-state index in [1.54, 1.807) is 13.8 Å². The molecule has 222 valence electrons. The van der Waals surface area contributed by atoms with Crippen molar-refractivity contribution in [1.82, 2.24) is 0 Å². The second-order valence-corrected chi connectivity index (χ2v) is 11.7. The van der Waals surface area contributed by atoms with Crippen LogP contribution in [0.4, 0.5) is 0 Å². The molecule has 2 aliphatic heterocycles. The first-order valence-corrected chi connectivity index (χ1v) is 13.5. The number of hydrogen-bond acceptors (Lipinski definition) is 12. The molecular weight excluding hydrogens is 528 g/mol. The van der Waals surface area contributed by atoms with Crippen LogP contribution in [0.5, 0.6) is 0 Å². The van der Waals surface area contributed by atoms with Crippen LogP contribution in [0.3, 0.4) is 0 Å². The van der Waals surface area contributed by atoms with Gasteiger partial charge in [0.15, 0.2) is 11.7 Å². The minimum absolute atomic E-state index is 0.0518. The second-order valence-electron chi connectivity index (χ2n) is 11.7. The van der Waals surface area contributed by atoms with Gasteiger partial charge in [-0.05, 0) is 38.3 Å². The van der Waals surface area contributed by atoms with Crippen molar-refractivity contribution >= 4 is 29.8 Å². The molecule has 4 aliphatic rings. The number of carbonyl (C=O) groups excluding carboxylic acids is 5. The third-order valence-corrected chi connectivity index (χ3v) is 9.04. The number of rotatable bonds is 4. The van der Waals surface area contributed by atoms with E-state index in [2.05, 4.69) is 0 Å². The number of carbonyl (C=O) groups is 5. The number of aliphatic hydroxyl groups is 1. The molecule has 12 nitrogen and oxygen atoms in total. The van der Waals surface area contributed by atoms with Crippen molar-refractivity contribution in [3.63, 3.8) is 0 Å². The standard InChI is InChI=1S/C28H38O12/c1-13-10-22-28(34,14(2)25(33)40-22)24(39-18(6)32)23-26(7,20(37-16(4)30)8-9-27(23)12-35-27)21(38-17(5)31)11-19(13)36-15(3)29/h10,14,19-24,34H,8-9,11-12H2,1-7H3/b13-10-/t14-,19?,20-,21-,22-,23+,24?,26+,27-,28+/m0/s1. The van der Waals surface area contributed by atoms with Crippen molar-refractivity contribution in [3.05, 3.63) is 11.6 Å². The Morgan fingerprint density at radius 1 is 0.950 bits per heavy atom. The maximum Gasteiger partial charge on any atom is 0.312 e. The van der Waals surface area contributed by atoms with Crippen LogP contribution < -0.4 is 0 Å². The Bertz CT molecular complexity index is 1120. The SMILES string of the molecule is CC(=O)OC1C[C@H](OC(C)=O)[C@@]2(C)[C@@H](OC(C)=O)CC[C@]3(CO3)[C@@H]2C(OC(C)=O)[C@]2(O)[C@H](/C=C\1C)OC(=O)[C@@H]2C. The first-order valence-electron chi connectivity index (χ1n) is 13.5. The Kier molecular flexibility index (Phi) is 7.83. The summed E-state index contributed by atoms with van der Waals surface area (Å²) in [7, 11) is 0. The van der Waals surface area contributed by atoms with Crippen LogP contribution in [0.2, 0.25) is 0 Å². The summed E-state index contributed by atoms with van der Waals surface area (Å²) >= 11 is 0. The molecule has 4 rings (SSSR count). The van der Waals surface area contributed by atoms with Gasteiger partial charge in [-0.1, -0.05) is 6.92 Å². The molecule has 1 N–H and O–H groups in total. The first-order chi connectivity index (χ1) is 18.6. The van der Waals surface area contributed by atoms with E-state index in [-0.39, 0.29) is 13.0 Å². The third kappa shape index (κ3) is 5.00. The number of ether oxygens (including phenoxy) is 6. The number of esters is 5. The van der Waals surface area contributed by atoms with E-state index >= 15 is 0 Å². The van der Waals surface area contributed by atoms with Crippen molar-refractivity contribution in [2.45, 2.75) is 109 Å². The normalized spacial score (nSPS) is 43.6. The van der Waals surface area contributed by atoms with Gasteiger partial charge in [0.25, 0.3) is 0 Å². The van der Waals surface area contributed by atoms with Crippen LogP contribution in [0.25, 0.3) is 0 Å². The van der Waals surface area contributed by atoms with Gasteiger partial charge in [-0.3, -0.25) is 24.0 Å².